The Morgan fingerprint density at radius 1 is 1.26 bits per heavy atom. The number of benzene rings is 1. The van der Waals surface area contributed by atoms with Gasteiger partial charge in [0.1, 0.15) is 5.75 Å². The number of rotatable bonds is 7. The van der Waals surface area contributed by atoms with Crippen LogP contribution in [0.5, 0.6) is 5.75 Å². The summed E-state index contributed by atoms with van der Waals surface area (Å²) in [6.45, 7) is 2.09. The van der Waals surface area contributed by atoms with E-state index in [1.807, 2.05) is 35.0 Å². The van der Waals surface area contributed by atoms with Crippen LogP contribution in [0.25, 0.3) is 5.69 Å². The van der Waals surface area contributed by atoms with E-state index in [-0.39, 0.29) is 0 Å². The van der Waals surface area contributed by atoms with Crippen LogP contribution in [0.3, 0.4) is 0 Å². The maximum atomic E-state index is 5.26. The lowest BCUT2D eigenvalue weighted by Gasteiger charge is -2.07. The average Bonchev–Trinajstić information content (AvgIpc) is 3.22. The van der Waals surface area contributed by atoms with E-state index >= 15 is 0 Å². The van der Waals surface area contributed by atoms with Crippen LogP contribution < -0.4 is 4.74 Å². The number of methoxy groups -OCH3 is 1. The van der Waals surface area contributed by atoms with Gasteiger partial charge in [0.25, 0.3) is 0 Å². The van der Waals surface area contributed by atoms with E-state index in [0.29, 0.717) is 11.6 Å². The van der Waals surface area contributed by atoms with Crippen LogP contribution in [0.1, 0.15) is 25.1 Å². The Hall–Kier alpha value is -2.28. The second-order valence-corrected chi connectivity index (χ2v) is 5.86. The lowest BCUT2D eigenvalue weighted by molar-refractivity contribution is 0.384. The molecule has 0 N–H and O–H groups in total. The first-order valence-electron chi connectivity index (χ1n) is 7.42. The monoisotopic (exact) mass is 330 g/mol. The Labute approximate surface area is 138 Å². The highest BCUT2D eigenvalue weighted by Gasteiger charge is 2.10. The largest absolute Gasteiger partial charge is 0.497 e. The zero-order valence-corrected chi connectivity index (χ0v) is 13.9. The average molecular weight is 330 g/mol. The molecule has 7 heteroatoms. The molecule has 6 nitrogen and oxygen atoms in total. The van der Waals surface area contributed by atoms with Gasteiger partial charge >= 0.3 is 0 Å². The highest BCUT2D eigenvalue weighted by molar-refractivity contribution is 7.98. The van der Waals surface area contributed by atoms with Crippen LogP contribution in [-0.2, 0) is 12.2 Å². The third-order valence-electron chi connectivity index (χ3n) is 3.27. The summed E-state index contributed by atoms with van der Waals surface area (Å²) >= 11 is 1.57. The fourth-order valence-corrected chi connectivity index (χ4v) is 2.95. The summed E-state index contributed by atoms with van der Waals surface area (Å²) in [6, 6.07) is 7.85. The second-order valence-electron chi connectivity index (χ2n) is 4.92. The van der Waals surface area contributed by atoms with E-state index in [0.717, 1.165) is 35.3 Å². The summed E-state index contributed by atoms with van der Waals surface area (Å²) in [5.74, 6) is 2.82. The van der Waals surface area contributed by atoms with Gasteiger partial charge in [-0.25, -0.2) is 4.98 Å². The topological polar surface area (TPSA) is 66.0 Å². The van der Waals surface area contributed by atoms with Gasteiger partial charge in [-0.3, -0.25) is 4.57 Å². The normalized spacial score (nSPS) is 10.9. The molecule has 23 heavy (non-hydrogen) atoms. The quantitative estimate of drug-likeness (QED) is 0.618. The van der Waals surface area contributed by atoms with Crippen molar-refractivity contribution in [3.05, 3.63) is 48.4 Å². The Morgan fingerprint density at radius 2 is 2.09 bits per heavy atom. The SMILES string of the molecule is CCCc1noc(CSc2nccn2-c2ccc(OC)cc2)n1. The fourth-order valence-electron chi connectivity index (χ4n) is 2.14. The lowest BCUT2D eigenvalue weighted by atomic mass is 10.3. The predicted molar refractivity (Wildman–Crippen MR) is 88.0 cm³/mol. The third-order valence-corrected chi connectivity index (χ3v) is 4.22. The van der Waals surface area contributed by atoms with Gasteiger partial charge in [0.15, 0.2) is 11.0 Å². The molecule has 2 heterocycles. The zero-order chi connectivity index (χ0) is 16.1. The van der Waals surface area contributed by atoms with E-state index in [1.165, 1.54) is 0 Å². The summed E-state index contributed by atoms with van der Waals surface area (Å²) < 4.78 is 12.5. The molecule has 0 atom stereocenters. The van der Waals surface area contributed by atoms with E-state index in [2.05, 4.69) is 22.0 Å². The zero-order valence-electron chi connectivity index (χ0n) is 13.1. The highest BCUT2D eigenvalue weighted by atomic mass is 32.2. The first-order valence-corrected chi connectivity index (χ1v) is 8.40. The van der Waals surface area contributed by atoms with Crippen molar-refractivity contribution >= 4 is 11.8 Å². The molecule has 0 spiro atoms. The molecule has 0 aliphatic heterocycles. The fraction of sp³-hybridized carbons (Fsp3) is 0.312. The minimum absolute atomic E-state index is 0.601. The van der Waals surface area contributed by atoms with Gasteiger partial charge in [0, 0.05) is 24.5 Å². The van der Waals surface area contributed by atoms with Crippen LogP contribution in [0.15, 0.2) is 46.3 Å². The number of nitrogens with zero attached hydrogens (tertiary/aromatic N) is 4. The van der Waals surface area contributed by atoms with Gasteiger partial charge in [-0.1, -0.05) is 23.8 Å². The van der Waals surface area contributed by atoms with Crippen LogP contribution in [-0.4, -0.2) is 26.8 Å². The number of imidazole rings is 1. The van der Waals surface area contributed by atoms with Gasteiger partial charge in [-0.05, 0) is 30.7 Å². The number of aryl methyl sites for hydroxylation is 1. The number of hydrogen-bond acceptors (Lipinski definition) is 6. The summed E-state index contributed by atoms with van der Waals surface area (Å²) in [4.78, 5) is 8.77. The van der Waals surface area contributed by atoms with Crippen molar-refractivity contribution in [1.29, 1.82) is 0 Å². The molecule has 0 unspecified atom stereocenters. The molecule has 1 aromatic carbocycles. The Balaban J connectivity index is 1.70. The molecule has 0 radical (unpaired) electrons. The molecule has 0 bridgehead atoms. The van der Waals surface area contributed by atoms with Crippen molar-refractivity contribution < 1.29 is 9.26 Å². The van der Waals surface area contributed by atoms with Gasteiger partial charge in [-0.15, -0.1) is 0 Å². The number of ether oxygens (including phenoxy) is 1. The maximum absolute atomic E-state index is 5.26. The molecule has 3 rings (SSSR count). The molecular formula is C16H18N4O2S. The van der Waals surface area contributed by atoms with Crippen molar-refractivity contribution in [3.8, 4) is 11.4 Å². The predicted octanol–water partition coefficient (Wildman–Crippen LogP) is 3.51. The first kappa shape index (κ1) is 15.6. The Kier molecular flexibility index (Phi) is 4.97. The minimum Gasteiger partial charge on any atom is -0.497 e. The van der Waals surface area contributed by atoms with Crippen LogP contribution in [0.4, 0.5) is 0 Å². The second kappa shape index (κ2) is 7.32. The van der Waals surface area contributed by atoms with Crippen molar-refractivity contribution in [2.24, 2.45) is 0 Å². The smallest absolute Gasteiger partial charge is 0.237 e. The molecule has 0 fully saturated rings. The molecule has 0 saturated carbocycles. The van der Waals surface area contributed by atoms with E-state index in [1.54, 1.807) is 25.1 Å². The molecule has 2 aromatic heterocycles. The molecule has 0 amide bonds. The van der Waals surface area contributed by atoms with Crippen molar-refractivity contribution in [1.82, 2.24) is 19.7 Å². The molecule has 3 aromatic rings. The highest BCUT2D eigenvalue weighted by Crippen LogP contribution is 2.24. The van der Waals surface area contributed by atoms with Crippen LogP contribution >= 0.6 is 11.8 Å². The molecule has 0 aliphatic rings. The number of hydrogen-bond donors (Lipinski definition) is 0. The molecule has 0 aliphatic carbocycles. The van der Waals surface area contributed by atoms with Crippen molar-refractivity contribution in [3.63, 3.8) is 0 Å². The molecule has 0 saturated heterocycles. The standard InChI is InChI=1S/C16H18N4O2S/c1-3-4-14-18-15(22-19-14)11-23-16-17-9-10-20(16)12-5-7-13(21-2)8-6-12/h5-10H,3-4,11H2,1-2H3. The van der Waals surface area contributed by atoms with Gasteiger partial charge in [0.2, 0.25) is 5.89 Å². The summed E-state index contributed by atoms with van der Waals surface area (Å²) in [5.41, 5.74) is 1.03. The van der Waals surface area contributed by atoms with E-state index in [4.69, 9.17) is 9.26 Å². The lowest BCUT2D eigenvalue weighted by Crippen LogP contribution is -1.95. The van der Waals surface area contributed by atoms with Crippen LogP contribution in [0, 0.1) is 0 Å². The van der Waals surface area contributed by atoms with E-state index in [9.17, 15) is 0 Å². The Morgan fingerprint density at radius 3 is 2.83 bits per heavy atom. The maximum Gasteiger partial charge on any atom is 0.237 e. The number of aromatic nitrogens is 4. The minimum atomic E-state index is 0.601. The van der Waals surface area contributed by atoms with Crippen molar-refractivity contribution in [2.45, 2.75) is 30.7 Å². The molecule has 120 valence electrons. The van der Waals surface area contributed by atoms with Gasteiger partial charge in [-0.2, -0.15) is 4.98 Å². The summed E-state index contributed by atoms with van der Waals surface area (Å²) in [5, 5.41) is 4.85. The summed E-state index contributed by atoms with van der Waals surface area (Å²) in [6.07, 6.45) is 5.56. The summed E-state index contributed by atoms with van der Waals surface area (Å²) in [7, 11) is 1.66. The van der Waals surface area contributed by atoms with E-state index < -0.39 is 0 Å². The van der Waals surface area contributed by atoms with Gasteiger partial charge < -0.3 is 9.26 Å². The first-order chi connectivity index (χ1) is 11.3. The number of thioether (sulfide) groups is 1. The van der Waals surface area contributed by atoms with Crippen LogP contribution in [0.2, 0.25) is 0 Å². The third kappa shape index (κ3) is 3.73. The van der Waals surface area contributed by atoms with Gasteiger partial charge in [0.05, 0.1) is 12.9 Å². The molecular weight excluding hydrogens is 312 g/mol. The van der Waals surface area contributed by atoms with Crippen molar-refractivity contribution in [2.75, 3.05) is 7.11 Å². The Bertz CT molecular complexity index is 752.